The average molecular weight is 883 g/mol. The molecule has 0 spiro atoms. The first kappa shape index (κ1) is 52.5. The minimum Gasteiger partial charge on any atom is -0.496 e. The van der Waals surface area contributed by atoms with E-state index >= 15 is 0 Å². The molecule has 0 heterocycles. The standard InChI is InChI=1S/C49H79NO7Si2.H3NO/c1-16-33(3)47(53)56-44-26-32(2)25-37-19-17-34(4)40(46(37)44)23-21-38(51)28-39(57-59(14,15)49(8,9)10)29-45(52)50-30-35-18-22-41-36(27-35)20-24-43(54-11)42(41)31-55-58(12,13)48(5,6)7;1-2/h17-20,22,24-25,27,32-34,38-40,44,46,51H,16,21,23,26,28-31H2,1-15H3,(H,50,52);2H,1H2. The molecule has 5 N–H and O–H groups in total. The highest BCUT2D eigenvalue weighted by Gasteiger charge is 2.43. The molecule has 0 radical (unpaired) electrons. The van der Waals surface area contributed by atoms with Crippen molar-refractivity contribution < 1.29 is 38.2 Å². The minimum absolute atomic E-state index is 0.0541. The summed E-state index contributed by atoms with van der Waals surface area (Å²) in [5.41, 5.74) is 3.30. The van der Waals surface area contributed by atoms with Crippen molar-refractivity contribution in [3.8, 4) is 5.75 Å². The largest absolute Gasteiger partial charge is 0.496 e. The van der Waals surface area contributed by atoms with Crippen LogP contribution in [-0.2, 0) is 36.3 Å². The number of benzene rings is 2. The summed E-state index contributed by atoms with van der Waals surface area (Å²) in [6.45, 7) is 31.5. The molecule has 0 aromatic heterocycles. The lowest BCUT2D eigenvalue weighted by Crippen LogP contribution is -2.46. The maximum atomic E-state index is 13.7. The van der Waals surface area contributed by atoms with Crippen LogP contribution in [0.1, 0.15) is 119 Å². The first-order valence-electron chi connectivity index (χ1n) is 22.6. The summed E-state index contributed by atoms with van der Waals surface area (Å²) in [6, 6.07) is 10.4. The predicted molar refractivity (Wildman–Crippen MR) is 253 cm³/mol. The second-order valence-corrected chi connectivity index (χ2v) is 30.4. The molecule has 12 heteroatoms. The highest BCUT2D eigenvalue weighted by Crippen LogP contribution is 2.46. The van der Waals surface area contributed by atoms with Crippen LogP contribution >= 0.6 is 0 Å². The van der Waals surface area contributed by atoms with Crippen LogP contribution < -0.4 is 16.0 Å². The third-order valence-electron chi connectivity index (χ3n) is 14.2. The number of hydrogen-bond donors (Lipinski definition) is 4. The van der Waals surface area contributed by atoms with Gasteiger partial charge in [0.2, 0.25) is 5.91 Å². The molecule has 8 atom stereocenters. The normalized spacial score (nSPS) is 22.3. The molecule has 4 rings (SSSR count). The molecule has 61 heavy (non-hydrogen) atoms. The molecule has 1 amide bonds. The molecular weight excluding hydrogens is 801 g/mol. The fraction of sp³-hybridized carbons (Fsp3) is 0.673. The third-order valence-corrected chi connectivity index (χ3v) is 23.2. The van der Waals surface area contributed by atoms with Gasteiger partial charge >= 0.3 is 5.97 Å². The lowest BCUT2D eigenvalue weighted by atomic mass is 9.65. The number of fused-ring (bicyclic) bond motifs is 2. The van der Waals surface area contributed by atoms with Crippen LogP contribution in [0, 0.1) is 29.6 Å². The summed E-state index contributed by atoms with van der Waals surface area (Å²) in [7, 11) is -2.55. The van der Waals surface area contributed by atoms with Crippen LogP contribution in [0.5, 0.6) is 5.75 Å². The number of aliphatic hydroxyl groups is 1. The van der Waals surface area contributed by atoms with Gasteiger partial charge in [-0.3, -0.25) is 9.59 Å². The molecular formula is C49H82N2O8Si2. The topological polar surface area (TPSA) is 150 Å². The number of allylic oxidation sites excluding steroid dienone is 3. The van der Waals surface area contributed by atoms with E-state index in [4.69, 9.17) is 23.5 Å². The fourth-order valence-corrected chi connectivity index (χ4v) is 10.4. The monoisotopic (exact) mass is 883 g/mol. The van der Waals surface area contributed by atoms with E-state index in [0.29, 0.717) is 31.9 Å². The number of amides is 1. The van der Waals surface area contributed by atoms with Crippen molar-refractivity contribution in [3.63, 3.8) is 0 Å². The van der Waals surface area contributed by atoms with E-state index < -0.39 is 28.8 Å². The number of carbonyl (C=O) groups is 2. The zero-order valence-corrected chi connectivity index (χ0v) is 42.3. The summed E-state index contributed by atoms with van der Waals surface area (Å²) in [5.74, 6) is 4.92. The lowest BCUT2D eigenvalue weighted by molar-refractivity contribution is -0.158. The number of ether oxygens (including phenoxy) is 2. The number of rotatable bonds is 18. The van der Waals surface area contributed by atoms with Crippen LogP contribution in [-0.4, -0.2) is 64.2 Å². The molecule has 344 valence electrons. The zero-order valence-electron chi connectivity index (χ0n) is 40.3. The molecule has 0 aliphatic heterocycles. The maximum absolute atomic E-state index is 13.7. The number of esters is 1. The van der Waals surface area contributed by atoms with Crippen LogP contribution in [0.3, 0.4) is 0 Å². The summed E-state index contributed by atoms with van der Waals surface area (Å²) < 4.78 is 25.5. The van der Waals surface area contributed by atoms with Crippen molar-refractivity contribution >= 4 is 39.3 Å². The molecule has 2 aliphatic carbocycles. The first-order valence-corrected chi connectivity index (χ1v) is 28.4. The lowest BCUT2D eigenvalue weighted by Gasteiger charge is -2.43. The van der Waals surface area contributed by atoms with Gasteiger partial charge in [0.1, 0.15) is 11.9 Å². The van der Waals surface area contributed by atoms with Crippen molar-refractivity contribution in [2.75, 3.05) is 7.11 Å². The summed E-state index contributed by atoms with van der Waals surface area (Å²) >= 11 is 0. The molecule has 10 nitrogen and oxygen atoms in total. The van der Waals surface area contributed by atoms with Gasteiger partial charge in [-0.15, -0.1) is 0 Å². The van der Waals surface area contributed by atoms with Crippen LogP contribution in [0.2, 0.25) is 36.3 Å². The second-order valence-electron chi connectivity index (χ2n) is 20.9. The Hall–Kier alpha value is -2.85. The van der Waals surface area contributed by atoms with Crippen molar-refractivity contribution in [2.45, 2.75) is 175 Å². The van der Waals surface area contributed by atoms with Crippen molar-refractivity contribution in [1.29, 1.82) is 0 Å². The average Bonchev–Trinajstić information content (AvgIpc) is 3.17. The Kier molecular flexibility index (Phi) is 19.1. The number of hydrogen-bond acceptors (Lipinski definition) is 9. The number of carbonyl (C=O) groups excluding carboxylic acids is 2. The van der Waals surface area contributed by atoms with E-state index in [1.54, 1.807) is 7.11 Å². The molecule has 2 aromatic rings. The number of nitrogens with two attached hydrogens (primary N) is 1. The van der Waals surface area contributed by atoms with Gasteiger partial charge in [-0.2, -0.15) is 0 Å². The first-order chi connectivity index (χ1) is 28.4. The van der Waals surface area contributed by atoms with Crippen molar-refractivity contribution in [2.24, 2.45) is 35.5 Å². The Morgan fingerprint density at radius 3 is 2.25 bits per heavy atom. The van der Waals surface area contributed by atoms with E-state index in [-0.39, 0.29) is 58.1 Å². The van der Waals surface area contributed by atoms with Gasteiger partial charge in [0, 0.05) is 18.0 Å². The molecule has 0 bridgehead atoms. The quantitative estimate of drug-likeness (QED) is 0.0652. The highest BCUT2D eigenvalue weighted by molar-refractivity contribution is 6.74. The fourth-order valence-electron chi connectivity index (χ4n) is 8.05. The van der Waals surface area contributed by atoms with Crippen LogP contribution in [0.25, 0.3) is 10.8 Å². The number of methoxy groups -OCH3 is 1. The van der Waals surface area contributed by atoms with Gasteiger partial charge in [0.05, 0.1) is 38.3 Å². The van der Waals surface area contributed by atoms with Gasteiger partial charge in [-0.25, -0.2) is 5.90 Å². The highest BCUT2D eigenvalue weighted by atomic mass is 28.4. The predicted octanol–water partition coefficient (Wildman–Crippen LogP) is 11.0. The van der Waals surface area contributed by atoms with Crippen molar-refractivity contribution in [1.82, 2.24) is 5.32 Å². The van der Waals surface area contributed by atoms with E-state index in [1.807, 2.05) is 19.9 Å². The summed E-state index contributed by atoms with van der Waals surface area (Å²) in [4.78, 5) is 26.7. The molecule has 2 aromatic carbocycles. The number of nitrogens with one attached hydrogen (secondary N) is 1. The Balaban J connectivity index is 0.00000489. The van der Waals surface area contributed by atoms with E-state index in [1.165, 1.54) is 5.57 Å². The SMILES string of the molecule is CCC(C)C(=O)OC1CC(C)C=C2C=CC(C)C(CCC(O)CC(CC(=O)NCc3ccc4c(CO[Si](C)(C)C(C)(C)C)c(OC)ccc4c3)O[Si](C)(C)C(C)(C)C)C21.NO. The Labute approximate surface area is 370 Å². The van der Waals surface area contributed by atoms with Crippen LogP contribution in [0.15, 0.2) is 54.1 Å². The summed E-state index contributed by atoms with van der Waals surface area (Å²) in [6.07, 6.45) is 9.10. The smallest absolute Gasteiger partial charge is 0.308 e. The minimum atomic E-state index is -2.27. The molecule has 8 unspecified atom stereocenters. The Bertz CT molecular complexity index is 1810. The number of aliphatic hydroxyl groups excluding tert-OH is 1. The zero-order chi connectivity index (χ0) is 46.1. The Morgan fingerprint density at radius 1 is 0.984 bits per heavy atom. The molecule has 0 saturated heterocycles. The van der Waals surface area contributed by atoms with Gasteiger partial charge in [-0.1, -0.05) is 106 Å². The second kappa shape index (κ2) is 22.2. The molecule has 0 saturated carbocycles. The van der Waals surface area contributed by atoms with E-state index in [2.05, 4.69) is 135 Å². The van der Waals surface area contributed by atoms with E-state index in [9.17, 15) is 14.7 Å². The third kappa shape index (κ3) is 14.1. The Morgan fingerprint density at radius 2 is 1.64 bits per heavy atom. The van der Waals surface area contributed by atoms with Crippen LogP contribution in [0.4, 0.5) is 0 Å². The molecule has 2 aliphatic rings. The van der Waals surface area contributed by atoms with Gasteiger partial charge in [-0.05, 0) is 120 Å². The van der Waals surface area contributed by atoms with Gasteiger partial charge in [0.15, 0.2) is 16.6 Å². The van der Waals surface area contributed by atoms with E-state index in [0.717, 1.165) is 46.9 Å². The molecule has 0 fully saturated rings. The summed E-state index contributed by atoms with van der Waals surface area (Å²) in [5, 5.41) is 23.5. The van der Waals surface area contributed by atoms with Crippen molar-refractivity contribution in [3.05, 3.63) is 65.3 Å². The van der Waals surface area contributed by atoms with Gasteiger partial charge < -0.3 is 34.0 Å². The van der Waals surface area contributed by atoms with Gasteiger partial charge in [0.25, 0.3) is 0 Å². The maximum Gasteiger partial charge on any atom is 0.308 e.